The number of aromatic nitrogens is 3. The summed E-state index contributed by atoms with van der Waals surface area (Å²) < 4.78 is 29.9. The van der Waals surface area contributed by atoms with Gasteiger partial charge in [0.05, 0.1) is 19.3 Å². The highest BCUT2D eigenvalue weighted by molar-refractivity contribution is 5.94. The number of methoxy groups -OCH3 is 1. The fourth-order valence-electron chi connectivity index (χ4n) is 2.92. The predicted octanol–water partition coefficient (Wildman–Crippen LogP) is 3.51. The van der Waals surface area contributed by atoms with Gasteiger partial charge in [-0.25, -0.2) is 18.7 Å². The van der Waals surface area contributed by atoms with Crippen LogP contribution in [0, 0.1) is 6.92 Å². The van der Waals surface area contributed by atoms with Crippen LogP contribution in [-0.4, -0.2) is 47.5 Å². The molecular formula is C22H23F2N5O2. The van der Waals surface area contributed by atoms with E-state index in [1.54, 1.807) is 24.4 Å². The molecule has 2 heterocycles. The Kier molecular flexibility index (Phi) is 7.42. The monoisotopic (exact) mass is 427 g/mol. The maximum Gasteiger partial charge on any atom is 0.255 e. The maximum absolute atomic E-state index is 12.3. The summed E-state index contributed by atoms with van der Waals surface area (Å²) in [7, 11) is 1.50. The highest BCUT2D eigenvalue weighted by Gasteiger charge is 2.12. The molecule has 0 atom stereocenters. The molecule has 1 amide bonds. The van der Waals surface area contributed by atoms with E-state index in [-0.39, 0.29) is 5.56 Å². The van der Waals surface area contributed by atoms with E-state index in [1.165, 1.54) is 13.4 Å². The van der Waals surface area contributed by atoms with E-state index in [2.05, 4.69) is 25.6 Å². The Bertz CT molecular complexity index is 1030. The Morgan fingerprint density at radius 3 is 2.68 bits per heavy atom. The number of amides is 1. The number of alkyl halides is 2. The third kappa shape index (κ3) is 6.18. The molecule has 1 aromatic carbocycles. The van der Waals surface area contributed by atoms with Crippen LogP contribution >= 0.6 is 0 Å². The normalized spacial score (nSPS) is 10.7. The molecule has 0 radical (unpaired) electrons. The van der Waals surface area contributed by atoms with Crippen molar-refractivity contribution in [1.29, 1.82) is 0 Å². The first-order valence-electron chi connectivity index (χ1n) is 9.68. The summed E-state index contributed by atoms with van der Waals surface area (Å²) in [5.41, 5.74) is 3.74. The standard InChI is InChI=1S/C22H23F2N5O2/c1-14-3-4-17(11-26-14)18-10-21(29-13-28-18)25-8-7-15-5-6-16(9-19(15)31-2)22(30)27-12-20(23)24/h3-6,9-11,13,20H,7-8,12H2,1-2H3,(H,27,30)(H,25,28,29). The van der Waals surface area contributed by atoms with Gasteiger partial charge in [-0.3, -0.25) is 9.78 Å². The van der Waals surface area contributed by atoms with E-state index in [0.29, 0.717) is 24.5 Å². The SMILES string of the molecule is COc1cc(C(=O)NCC(F)F)ccc1CCNc1cc(-c2ccc(C)nc2)ncn1. The van der Waals surface area contributed by atoms with Crippen LogP contribution in [0.3, 0.4) is 0 Å². The molecule has 0 bridgehead atoms. The van der Waals surface area contributed by atoms with E-state index >= 15 is 0 Å². The van der Waals surface area contributed by atoms with Crippen molar-refractivity contribution in [2.75, 3.05) is 25.5 Å². The molecular weight excluding hydrogens is 404 g/mol. The predicted molar refractivity (Wildman–Crippen MR) is 114 cm³/mol. The summed E-state index contributed by atoms with van der Waals surface area (Å²) >= 11 is 0. The van der Waals surface area contributed by atoms with Crippen LogP contribution in [0.5, 0.6) is 5.75 Å². The zero-order valence-corrected chi connectivity index (χ0v) is 17.2. The van der Waals surface area contributed by atoms with Crippen LogP contribution in [0.25, 0.3) is 11.3 Å². The molecule has 2 aromatic heterocycles. The van der Waals surface area contributed by atoms with Gasteiger partial charge in [-0.15, -0.1) is 0 Å². The van der Waals surface area contributed by atoms with Crippen molar-refractivity contribution in [3.8, 4) is 17.0 Å². The van der Waals surface area contributed by atoms with Gasteiger partial charge in [-0.05, 0) is 43.2 Å². The number of rotatable bonds is 9. The lowest BCUT2D eigenvalue weighted by molar-refractivity contribution is 0.0891. The highest BCUT2D eigenvalue weighted by Crippen LogP contribution is 2.22. The minimum Gasteiger partial charge on any atom is -0.496 e. The molecule has 31 heavy (non-hydrogen) atoms. The van der Waals surface area contributed by atoms with Crippen molar-refractivity contribution < 1.29 is 18.3 Å². The summed E-state index contributed by atoms with van der Waals surface area (Å²) in [6, 6.07) is 10.6. The number of hydrogen-bond acceptors (Lipinski definition) is 6. The van der Waals surface area contributed by atoms with Crippen LogP contribution in [0.1, 0.15) is 21.6 Å². The van der Waals surface area contributed by atoms with E-state index in [9.17, 15) is 13.6 Å². The fourth-order valence-corrected chi connectivity index (χ4v) is 2.92. The van der Waals surface area contributed by atoms with Crippen molar-refractivity contribution >= 4 is 11.7 Å². The second-order valence-corrected chi connectivity index (χ2v) is 6.78. The summed E-state index contributed by atoms with van der Waals surface area (Å²) in [4.78, 5) is 24.8. The largest absolute Gasteiger partial charge is 0.496 e. The number of aryl methyl sites for hydroxylation is 1. The number of nitrogens with one attached hydrogen (secondary N) is 2. The molecule has 0 aliphatic carbocycles. The summed E-state index contributed by atoms with van der Waals surface area (Å²) in [5, 5.41) is 5.43. The Balaban J connectivity index is 1.62. The average molecular weight is 427 g/mol. The number of pyridine rings is 1. The van der Waals surface area contributed by atoms with Gasteiger partial charge in [0.15, 0.2) is 0 Å². The summed E-state index contributed by atoms with van der Waals surface area (Å²) in [5.74, 6) is 0.621. The van der Waals surface area contributed by atoms with Crippen LogP contribution in [0.15, 0.2) is 48.9 Å². The lowest BCUT2D eigenvalue weighted by atomic mass is 10.1. The van der Waals surface area contributed by atoms with Crippen LogP contribution in [0.2, 0.25) is 0 Å². The third-order valence-electron chi connectivity index (χ3n) is 4.54. The zero-order chi connectivity index (χ0) is 22.2. The zero-order valence-electron chi connectivity index (χ0n) is 17.2. The topological polar surface area (TPSA) is 89.0 Å². The molecule has 0 unspecified atom stereocenters. The van der Waals surface area contributed by atoms with Gasteiger partial charge in [0.1, 0.15) is 17.9 Å². The van der Waals surface area contributed by atoms with E-state index in [1.807, 2.05) is 25.1 Å². The van der Waals surface area contributed by atoms with Crippen LogP contribution in [-0.2, 0) is 6.42 Å². The second-order valence-electron chi connectivity index (χ2n) is 6.78. The molecule has 0 fully saturated rings. The number of hydrogen-bond donors (Lipinski definition) is 2. The van der Waals surface area contributed by atoms with Gasteiger partial charge < -0.3 is 15.4 Å². The number of carbonyl (C=O) groups is 1. The quantitative estimate of drug-likeness (QED) is 0.543. The van der Waals surface area contributed by atoms with Crippen molar-refractivity contribution in [3.63, 3.8) is 0 Å². The van der Waals surface area contributed by atoms with Crippen molar-refractivity contribution in [2.24, 2.45) is 0 Å². The molecule has 3 rings (SSSR count). The smallest absolute Gasteiger partial charge is 0.255 e. The Morgan fingerprint density at radius 2 is 1.97 bits per heavy atom. The Labute approximate surface area is 178 Å². The minimum absolute atomic E-state index is 0.265. The van der Waals surface area contributed by atoms with Gasteiger partial charge in [0.2, 0.25) is 0 Å². The van der Waals surface area contributed by atoms with Crippen LogP contribution < -0.4 is 15.4 Å². The molecule has 0 aliphatic rings. The van der Waals surface area contributed by atoms with E-state index in [0.717, 1.165) is 22.5 Å². The number of ether oxygens (including phenoxy) is 1. The lowest BCUT2D eigenvalue weighted by Crippen LogP contribution is -2.28. The lowest BCUT2D eigenvalue weighted by Gasteiger charge is -2.12. The van der Waals surface area contributed by atoms with Crippen molar-refractivity contribution in [3.05, 3.63) is 65.7 Å². The van der Waals surface area contributed by atoms with Gasteiger partial charge in [-0.1, -0.05) is 6.07 Å². The summed E-state index contributed by atoms with van der Waals surface area (Å²) in [6.45, 7) is 1.80. The number of benzene rings is 1. The van der Waals surface area contributed by atoms with E-state index < -0.39 is 18.9 Å². The number of nitrogens with zero attached hydrogens (tertiary/aromatic N) is 3. The van der Waals surface area contributed by atoms with E-state index in [4.69, 9.17) is 4.74 Å². The van der Waals surface area contributed by atoms with Gasteiger partial charge in [0, 0.05) is 35.6 Å². The molecule has 0 aliphatic heterocycles. The molecule has 9 heteroatoms. The number of anilines is 1. The molecule has 7 nitrogen and oxygen atoms in total. The molecule has 0 saturated carbocycles. The first-order valence-corrected chi connectivity index (χ1v) is 9.68. The first-order chi connectivity index (χ1) is 15.0. The Hall–Kier alpha value is -3.62. The molecule has 3 aromatic rings. The number of halogens is 2. The van der Waals surface area contributed by atoms with Gasteiger partial charge in [0.25, 0.3) is 12.3 Å². The molecule has 162 valence electrons. The van der Waals surface area contributed by atoms with Crippen molar-refractivity contribution in [1.82, 2.24) is 20.3 Å². The minimum atomic E-state index is -2.60. The molecule has 0 spiro atoms. The van der Waals surface area contributed by atoms with Crippen molar-refractivity contribution in [2.45, 2.75) is 19.8 Å². The summed E-state index contributed by atoms with van der Waals surface area (Å²) in [6.07, 6.45) is 1.27. The van der Waals surface area contributed by atoms with Gasteiger partial charge >= 0.3 is 0 Å². The Morgan fingerprint density at radius 1 is 1.13 bits per heavy atom. The average Bonchev–Trinajstić information content (AvgIpc) is 2.78. The third-order valence-corrected chi connectivity index (χ3v) is 4.54. The second kappa shape index (κ2) is 10.4. The molecule has 2 N–H and O–H groups in total. The molecule has 0 saturated heterocycles. The maximum atomic E-state index is 12.3. The highest BCUT2D eigenvalue weighted by atomic mass is 19.3. The first kappa shape index (κ1) is 22.1. The van der Waals surface area contributed by atoms with Gasteiger partial charge in [-0.2, -0.15) is 0 Å². The van der Waals surface area contributed by atoms with Crippen LogP contribution in [0.4, 0.5) is 14.6 Å². The fraction of sp³-hybridized carbons (Fsp3) is 0.273. The number of carbonyl (C=O) groups excluding carboxylic acids is 1.